The predicted molar refractivity (Wildman–Crippen MR) is 70.3 cm³/mol. The van der Waals surface area contributed by atoms with Gasteiger partial charge in [-0.05, 0) is 40.2 Å². The van der Waals surface area contributed by atoms with Crippen LogP contribution in [-0.2, 0) is 16.1 Å². The number of hydrogen-bond acceptors (Lipinski definition) is 4. The molecule has 0 aliphatic rings. The Labute approximate surface area is 109 Å². The molecule has 1 rings (SSSR count). The van der Waals surface area contributed by atoms with E-state index >= 15 is 0 Å². The lowest BCUT2D eigenvalue weighted by atomic mass is 10.0. The van der Waals surface area contributed by atoms with Crippen molar-refractivity contribution in [2.24, 2.45) is 0 Å². The smallest absolute Gasteiger partial charge is 0.327 e. The summed E-state index contributed by atoms with van der Waals surface area (Å²) < 4.78 is 6.91. The molecule has 0 saturated heterocycles. The van der Waals surface area contributed by atoms with Crippen LogP contribution in [0.5, 0.6) is 0 Å². The number of aryl methyl sites for hydroxylation is 1. The molecule has 1 unspecified atom stereocenters. The van der Waals surface area contributed by atoms with Crippen LogP contribution in [0, 0.1) is 6.92 Å². The third kappa shape index (κ3) is 3.84. The highest BCUT2D eigenvalue weighted by atomic mass is 16.5. The third-order valence-corrected chi connectivity index (χ3v) is 2.57. The van der Waals surface area contributed by atoms with Crippen LogP contribution in [0.15, 0.2) is 12.4 Å². The van der Waals surface area contributed by atoms with E-state index in [9.17, 15) is 4.79 Å². The van der Waals surface area contributed by atoms with Crippen LogP contribution in [0.3, 0.4) is 0 Å². The van der Waals surface area contributed by atoms with Gasteiger partial charge < -0.3 is 4.74 Å². The van der Waals surface area contributed by atoms with E-state index in [-0.39, 0.29) is 12.0 Å². The van der Waals surface area contributed by atoms with Crippen molar-refractivity contribution < 1.29 is 9.53 Å². The van der Waals surface area contributed by atoms with E-state index in [0.717, 1.165) is 5.56 Å². The highest BCUT2D eigenvalue weighted by Crippen LogP contribution is 2.12. The van der Waals surface area contributed by atoms with Crippen LogP contribution >= 0.6 is 0 Å². The van der Waals surface area contributed by atoms with Gasteiger partial charge in [-0.25, -0.2) is 4.79 Å². The number of carbonyl (C=O) groups is 1. The number of hydrogen-bond donors (Lipinski definition) is 1. The highest BCUT2D eigenvalue weighted by Gasteiger charge is 2.36. The maximum absolute atomic E-state index is 12.1. The molecule has 5 heteroatoms. The Morgan fingerprint density at radius 1 is 1.61 bits per heavy atom. The van der Waals surface area contributed by atoms with Crippen molar-refractivity contribution in [3.63, 3.8) is 0 Å². The summed E-state index contributed by atoms with van der Waals surface area (Å²) in [4.78, 5) is 12.1. The van der Waals surface area contributed by atoms with Gasteiger partial charge in [0.15, 0.2) is 0 Å². The average Bonchev–Trinajstić information content (AvgIpc) is 2.62. The van der Waals surface area contributed by atoms with E-state index < -0.39 is 5.54 Å². The second kappa shape index (κ2) is 6.00. The summed E-state index contributed by atoms with van der Waals surface area (Å²) in [6.45, 7) is 10.5. The van der Waals surface area contributed by atoms with E-state index in [2.05, 4.69) is 10.4 Å². The van der Waals surface area contributed by atoms with Gasteiger partial charge in [0, 0.05) is 12.2 Å². The molecule has 0 radical (unpaired) electrons. The quantitative estimate of drug-likeness (QED) is 0.781. The molecule has 0 bridgehead atoms. The zero-order chi connectivity index (χ0) is 13.8. The van der Waals surface area contributed by atoms with Gasteiger partial charge >= 0.3 is 5.97 Å². The van der Waals surface area contributed by atoms with Gasteiger partial charge in [0.1, 0.15) is 5.54 Å². The topological polar surface area (TPSA) is 56.2 Å². The molecule has 1 atom stereocenters. The fraction of sp³-hybridized carbons (Fsp3) is 0.692. The van der Waals surface area contributed by atoms with Crippen LogP contribution in [0.1, 0.15) is 33.3 Å². The lowest BCUT2D eigenvalue weighted by molar-refractivity contribution is -0.151. The van der Waals surface area contributed by atoms with Gasteiger partial charge in [0.25, 0.3) is 0 Å². The Hall–Kier alpha value is -1.36. The maximum atomic E-state index is 12.1. The molecule has 0 aliphatic heterocycles. The van der Waals surface area contributed by atoms with Crippen molar-refractivity contribution in [2.75, 3.05) is 6.61 Å². The Morgan fingerprint density at radius 3 is 2.72 bits per heavy atom. The predicted octanol–water partition coefficient (Wildman–Crippen LogP) is 1.51. The number of nitrogens with one attached hydrogen (secondary N) is 1. The summed E-state index contributed by atoms with van der Waals surface area (Å²) in [6.07, 6.45) is 3.69. The minimum atomic E-state index is -0.761. The summed E-state index contributed by atoms with van der Waals surface area (Å²) in [5.74, 6) is -0.244. The monoisotopic (exact) mass is 253 g/mol. The molecule has 0 aliphatic carbocycles. The first-order valence-corrected chi connectivity index (χ1v) is 6.31. The summed E-state index contributed by atoms with van der Waals surface area (Å²) in [5, 5.41) is 7.48. The normalized spacial score (nSPS) is 14.6. The molecule has 18 heavy (non-hydrogen) atoms. The van der Waals surface area contributed by atoms with Crippen molar-refractivity contribution in [2.45, 2.75) is 52.7 Å². The second-order valence-corrected chi connectivity index (χ2v) is 5.07. The fourth-order valence-corrected chi connectivity index (χ4v) is 1.97. The largest absolute Gasteiger partial charge is 0.465 e. The standard InChI is InChI=1S/C13H23N3O2/c1-6-18-12(17)13(5,15-10(2)3)9-16-8-11(4)7-14-16/h7-8,10,15H,6,9H2,1-5H3. The molecule has 1 aromatic rings. The van der Waals surface area contributed by atoms with Crippen LogP contribution in [0.4, 0.5) is 0 Å². The molecular formula is C13H23N3O2. The van der Waals surface area contributed by atoms with E-state index in [0.29, 0.717) is 13.2 Å². The zero-order valence-electron chi connectivity index (χ0n) is 11.9. The number of ether oxygens (including phenoxy) is 1. The Kier molecular flexibility index (Phi) is 4.90. The minimum Gasteiger partial charge on any atom is -0.465 e. The number of aromatic nitrogens is 2. The maximum Gasteiger partial charge on any atom is 0.327 e. The van der Waals surface area contributed by atoms with Crippen LogP contribution < -0.4 is 5.32 Å². The summed E-state index contributed by atoms with van der Waals surface area (Å²) in [7, 11) is 0. The number of carbonyl (C=O) groups excluding carboxylic acids is 1. The second-order valence-electron chi connectivity index (χ2n) is 5.07. The third-order valence-electron chi connectivity index (χ3n) is 2.57. The summed E-state index contributed by atoms with van der Waals surface area (Å²) >= 11 is 0. The average molecular weight is 253 g/mol. The Morgan fingerprint density at radius 2 is 2.28 bits per heavy atom. The van der Waals surface area contributed by atoms with Crippen molar-refractivity contribution in [3.05, 3.63) is 18.0 Å². The van der Waals surface area contributed by atoms with E-state index in [4.69, 9.17) is 4.74 Å². The summed E-state index contributed by atoms with van der Waals surface area (Å²) in [6, 6.07) is 0.191. The van der Waals surface area contributed by atoms with Gasteiger partial charge in [0.2, 0.25) is 0 Å². The first-order valence-electron chi connectivity index (χ1n) is 6.31. The highest BCUT2D eigenvalue weighted by molar-refractivity contribution is 5.80. The fourth-order valence-electron chi connectivity index (χ4n) is 1.97. The SMILES string of the molecule is CCOC(=O)C(C)(Cn1cc(C)cn1)NC(C)C. The molecule has 1 heterocycles. The molecule has 0 aromatic carbocycles. The summed E-state index contributed by atoms with van der Waals surface area (Å²) in [5.41, 5.74) is 0.314. The first kappa shape index (κ1) is 14.7. The number of rotatable bonds is 6. The molecule has 5 nitrogen and oxygen atoms in total. The van der Waals surface area contributed by atoms with E-state index in [1.54, 1.807) is 10.9 Å². The number of esters is 1. The van der Waals surface area contributed by atoms with Gasteiger partial charge in [-0.1, -0.05) is 0 Å². The van der Waals surface area contributed by atoms with Crippen molar-refractivity contribution in [3.8, 4) is 0 Å². The van der Waals surface area contributed by atoms with Crippen molar-refractivity contribution in [1.29, 1.82) is 0 Å². The molecule has 0 fully saturated rings. The van der Waals surface area contributed by atoms with Crippen LogP contribution in [0.25, 0.3) is 0 Å². The molecule has 0 saturated carbocycles. The Bertz CT molecular complexity index is 401. The first-order chi connectivity index (χ1) is 8.37. The van der Waals surface area contributed by atoms with E-state index in [1.807, 2.05) is 40.8 Å². The van der Waals surface area contributed by atoms with Gasteiger partial charge in [0.05, 0.1) is 19.3 Å². The lowest BCUT2D eigenvalue weighted by Gasteiger charge is -2.30. The van der Waals surface area contributed by atoms with Gasteiger partial charge in [-0.3, -0.25) is 10.00 Å². The zero-order valence-corrected chi connectivity index (χ0v) is 11.9. The van der Waals surface area contributed by atoms with Crippen LogP contribution in [0.2, 0.25) is 0 Å². The molecule has 102 valence electrons. The van der Waals surface area contributed by atoms with Crippen LogP contribution in [-0.4, -0.2) is 33.9 Å². The molecule has 0 amide bonds. The van der Waals surface area contributed by atoms with Crippen molar-refractivity contribution >= 4 is 5.97 Å². The molecule has 1 aromatic heterocycles. The minimum absolute atomic E-state index is 0.191. The van der Waals surface area contributed by atoms with Crippen molar-refractivity contribution in [1.82, 2.24) is 15.1 Å². The molecule has 1 N–H and O–H groups in total. The lowest BCUT2D eigenvalue weighted by Crippen LogP contribution is -2.56. The van der Waals surface area contributed by atoms with E-state index in [1.165, 1.54) is 0 Å². The van der Waals surface area contributed by atoms with Gasteiger partial charge in [-0.2, -0.15) is 5.10 Å². The number of nitrogens with zero attached hydrogens (tertiary/aromatic N) is 2. The van der Waals surface area contributed by atoms with Gasteiger partial charge in [-0.15, -0.1) is 0 Å². The molecule has 0 spiro atoms. The Balaban J connectivity index is 2.86. The molecular weight excluding hydrogens is 230 g/mol.